The van der Waals surface area contributed by atoms with Crippen LogP contribution in [0.2, 0.25) is 0 Å². The largest absolute Gasteiger partial charge is 0.392 e. The van der Waals surface area contributed by atoms with Gasteiger partial charge in [-0.15, -0.1) is 0 Å². The SMILES string of the molecule is CC(O)CNCC(O)c1ccc(C2CCCCC2)cc1. The molecule has 2 rings (SSSR count). The fourth-order valence-corrected chi connectivity index (χ4v) is 2.97. The van der Waals surface area contributed by atoms with Gasteiger partial charge in [0.1, 0.15) is 0 Å². The normalized spacial score (nSPS) is 19.8. The van der Waals surface area contributed by atoms with Gasteiger partial charge in [-0.2, -0.15) is 0 Å². The first kappa shape index (κ1) is 15.5. The van der Waals surface area contributed by atoms with Gasteiger partial charge >= 0.3 is 0 Å². The van der Waals surface area contributed by atoms with Crippen LogP contribution in [0.3, 0.4) is 0 Å². The van der Waals surface area contributed by atoms with Crippen LogP contribution in [-0.4, -0.2) is 29.4 Å². The lowest BCUT2D eigenvalue weighted by atomic mass is 9.84. The monoisotopic (exact) mass is 277 g/mol. The zero-order valence-electron chi connectivity index (χ0n) is 12.4. The predicted molar refractivity (Wildman–Crippen MR) is 81.8 cm³/mol. The first-order chi connectivity index (χ1) is 9.66. The Morgan fingerprint density at radius 2 is 1.70 bits per heavy atom. The zero-order chi connectivity index (χ0) is 14.4. The molecule has 1 saturated carbocycles. The summed E-state index contributed by atoms with van der Waals surface area (Å²) in [5.41, 5.74) is 2.36. The van der Waals surface area contributed by atoms with Gasteiger partial charge in [0.15, 0.2) is 0 Å². The van der Waals surface area contributed by atoms with Crippen molar-refractivity contribution in [1.82, 2.24) is 5.32 Å². The number of hydrogen-bond donors (Lipinski definition) is 3. The summed E-state index contributed by atoms with van der Waals surface area (Å²) >= 11 is 0. The van der Waals surface area contributed by atoms with Gasteiger partial charge in [-0.25, -0.2) is 0 Å². The molecule has 1 aromatic carbocycles. The molecule has 2 atom stereocenters. The minimum Gasteiger partial charge on any atom is -0.392 e. The Kier molecular flexibility index (Phi) is 6.02. The van der Waals surface area contributed by atoms with Gasteiger partial charge < -0.3 is 15.5 Å². The molecule has 0 amide bonds. The van der Waals surface area contributed by atoms with Crippen LogP contribution in [0.1, 0.15) is 62.2 Å². The molecule has 3 heteroatoms. The van der Waals surface area contributed by atoms with Crippen molar-refractivity contribution in [2.24, 2.45) is 0 Å². The van der Waals surface area contributed by atoms with E-state index >= 15 is 0 Å². The van der Waals surface area contributed by atoms with Crippen molar-refractivity contribution in [3.05, 3.63) is 35.4 Å². The number of aliphatic hydroxyl groups excluding tert-OH is 2. The third-order valence-electron chi connectivity index (χ3n) is 4.18. The highest BCUT2D eigenvalue weighted by Crippen LogP contribution is 2.32. The molecule has 0 spiro atoms. The third kappa shape index (κ3) is 4.58. The molecule has 0 bridgehead atoms. The molecular weight excluding hydrogens is 250 g/mol. The Hall–Kier alpha value is -0.900. The maximum absolute atomic E-state index is 10.1. The average Bonchev–Trinajstić information content (AvgIpc) is 2.48. The number of aliphatic hydroxyl groups is 2. The van der Waals surface area contributed by atoms with E-state index in [9.17, 15) is 10.2 Å². The summed E-state index contributed by atoms with van der Waals surface area (Å²) in [5, 5.41) is 22.3. The highest BCUT2D eigenvalue weighted by molar-refractivity contribution is 5.27. The molecule has 1 aromatic rings. The molecule has 3 nitrogen and oxygen atoms in total. The van der Waals surface area contributed by atoms with E-state index in [1.54, 1.807) is 6.92 Å². The molecular formula is C17H27NO2. The second-order valence-corrected chi connectivity index (χ2v) is 6.02. The van der Waals surface area contributed by atoms with Crippen LogP contribution in [0.5, 0.6) is 0 Å². The Bertz CT molecular complexity index is 382. The molecule has 2 unspecified atom stereocenters. The van der Waals surface area contributed by atoms with Gasteiger partial charge in [0.2, 0.25) is 0 Å². The second kappa shape index (κ2) is 7.77. The molecule has 0 saturated heterocycles. The van der Waals surface area contributed by atoms with E-state index in [2.05, 4.69) is 17.4 Å². The van der Waals surface area contributed by atoms with Crippen LogP contribution in [0, 0.1) is 0 Å². The van der Waals surface area contributed by atoms with Crippen molar-refractivity contribution in [2.45, 2.75) is 57.2 Å². The molecule has 0 heterocycles. The van der Waals surface area contributed by atoms with Gasteiger partial charge in [-0.1, -0.05) is 43.5 Å². The molecule has 1 aliphatic carbocycles. The smallest absolute Gasteiger partial charge is 0.0914 e. The Balaban J connectivity index is 1.86. The zero-order valence-corrected chi connectivity index (χ0v) is 12.4. The molecule has 0 radical (unpaired) electrons. The van der Waals surface area contributed by atoms with Crippen molar-refractivity contribution in [2.75, 3.05) is 13.1 Å². The van der Waals surface area contributed by atoms with E-state index in [4.69, 9.17) is 0 Å². The van der Waals surface area contributed by atoms with E-state index in [0.29, 0.717) is 19.0 Å². The minimum absolute atomic E-state index is 0.379. The topological polar surface area (TPSA) is 52.5 Å². The summed E-state index contributed by atoms with van der Waals surface area (Å²) in [4.78, 5) is 0. The van der Waals surface area contributed by atoms with Gasteiger partial charge in [0.25, 0.3) is 0 Å². The average molecular weight is 277 g/mol. The summed E-state index contributed by atoms with van der Waals surface area (Å²) in [5.74, 6) is 0.711. The second-order valence-electron chi connectivity index (χ2n) is 6.02. The van der Waals surface area contributed by atoms with Crippen molar-refractivity contribution in [3.8, 4) is 0 Å². The molecule has 0 aliphatic heterocycles. The highest BCUT2D eigenvalue weighted by atomic mass is 16.3. The fraction of sp³-hybridized carbons (Fsp3) is 0.647. The summed E-state index contributed by atoms with van der Waals surface area (Å²) in [7, 11) is 0. The van der Waals surface area contributed by atoms with Gasteiger partial charge in [-0.05, 0) is 36.8 Å². The quantitative estimate of drug-likeness (QED) is 0.749. The van der Waals surface area contributed by atoms with Crippen LogP contribution in [0.4, 0.5) is 0 Å². The Morgan fingerprint density at radius 1 is 1.05 bits per heavy atom. The number of rotatable bonds is 6. The maximum atomic E-state index is 10.1. The summed E-state index contributed by atoms with van der Waals surface area (Å²) in [6, 6.07) is 8.42. The Labute approximate surface area is 122 Å². The molecule has 112 valence electrons. The first-order valence-electron chi connectivity index (χ1n) is 7.83. The third-order valence-corrected chi connectivity index (χ3v) is 4.18. The number of benzene rings is 1. The van der Waals surface area contributed by atoms with E-state index in [1.165, 1.54) is 37.7 Å². The summed E-state index contributed by atoms with van der Waals surface area (Å²) in [6.07, 6.45) is 5.79. The predicted octanol–water partition coefficient (Wildman–Crippen LogP) is 2.74. The van der Waals surface area contributed by atoms with Crippen molar-refractivity contribution in [3.63, 3.8) is 0 Å². The van der Waals surface area contributed by atoms with Gasteiger partial charge in [0, 0.05) is 13.1 Å². The number of nitrogens with one attached hydrogen (secondary N) is 1. The lowest BCUT2D eigenvalue weighted by Crippen LogP contribution is -2.28. The lowest BCUT2D eigenvalue weighted by Gasteiger charge is -2.22. The van der Waals surface area contributed by atoms with E-state index in [1.807, 2.05) is 12.1 Å². The number of hydrogen-bond acceptors (Lipinski definition) is 3. The standard InChI is InChI=1S/C17H27NO2/c1-13(19)11-18-12-17(20)16-9-7-15(8-10-16)14-5-3-2-4-6-14/h7-10,13-14,17-20H,2-6,11-12H2,1H3. The minimum atomic E-state index is -0.505. The molecule has 20 heavy (non-hydrogen) atoms. The van der Waals surface area contributed by atoms with Crippen LogP contribution in [0.15, 0.2) is 24.3 Å². The lowest BCUT2D eigenvalue weighted by molar-refractivity contribution is 0.155. The van der Waals surface area contributed by atoms with Crippen molar-refractivity contribution in [1.29, 1.82) is 0 Å². The van der Waals surface area contributed by atoms with Crippen LogP contribution in [-0.2, 0) is 0 Å². The van der Waals surface area contributed by atoms with Crippen LogP contribution >= 0.6 is 0 Å². The van der Waals surface area contributed by atoms with Gasteiger partial charge in [0.05, 0.1) is 12.2 Å². The van der Waals surface area contributed by atoms with Crippen molar-refractivity contribution < 1.29 is 10.2 Å². The molecule has 0 aromatic heterocycles. The Morgan fingerprint density at radius 3 is 2.30 bits per heavy atom. The van der Waals surface area contributed by atoms with Crippen molar-refractivity contribution >= 4 is 0 Å². The first-order valence-corrected chi connectivity index (χ1v) is 7.83. The molecule has 1 fully saturated rings. The summed E-state index contributed by atoms with van der Waals surface area (Å²) in [6.45, 7) is 2.73. The van der Waals surface area contributed by atoms with Crippen LogP contribution in [0.25, 0.3) is 0 Å². The highest BCUT2D eigenvalue weighted by Gasteiger charge is 2.16. The maximum Gasteiger partial charge on any atom is 0.0914 e. The van der Waals surface area contributed by atoms with E-state index < -0.39 is 6.10 Å². The summed E-state index contributed by atoms with van der Waals surface area (Å²) < 4.78 is 0. The fourth-order valence-electron chi connectivity index (χ4n) is 2.97. The van der Waals surface area contributed by atoms with Gasteiger partial charge in [-0.3, -0.25) is 0 Å². The molecule has 1 aliphatic rings. The van der Waals surface area contributed by atoms with E-state index in [0.717, 1.165) is 5.56 Å². The van der Waals surface area contributed by atoms with Crippen LogP contribution < -0.4 is 5.32 Å². The van der Waals surface area contributed by atoms with E-state index in [-0.39, 0.29) is 6.10 Å². The molecule has 3 N–H and O–H groups in total.